The predicted molar refractivity (Wildman–Crippen MR) is 61.1 cm³/mol. The predicted octanol–water partition coefficient (Wildman–Crippen LogP) is 2.45. The fourth-order valence-electron chi connectivity index (χ4n) is 1.65. The van der Waals surface area contributed by atoms with Gasteiger partial charge in [-0.15, -0.1) is 0 Å². The van der Waals surface area contributed by atoms with Crippen molar-refractivity contribution in [1.29, 1.82) is 0 Å². The van der Waals surface area contributed by atoms with Crippen LogP contribution in [0.2, 0.25) is 0 Å². The van der Waals surface area contributed by atoms with Gasteiger partial charge in [0, 0.05) is 13.5 Å². The number of carbonyl (C=O) groups is 1. The summed E-state index contributed by atoms with van der Waals surface area (Å²) in [5.41, 5.74) is 3.46. The Balaban J connectivity index is 2.76. The van der Waals surface area contributed by atoms with Crippen LogP contribution in [0.1, 0.15) is 23.6 Å². The number of rotatable bonds is 4. The molecule has 0 aromatic heterocycles. The third-order valence-corrected chi connectivity index (χ3v) is 2.47. The van der Waals surface area contributed by atoms with E-state index in [2.05, 4.69) is 6.07 Å². The number of carbonyl (C=O) groups excluding carboxylic acids is 1. The molecular weight excluding hydrogens is 188 g/mol. The van der Waals surface area contributed by atoms with E-state index in [1.165, 1.54) is 11.1 Å². The summed E-state index contributed by atoms with van der Waals surface area (Å²) in [7, 11) is 1.56. The van der Waals surface area contributed by atoms with Gasteiger partial charge in [-0.2, -0.15) is 0 Å². The van der Waals surface area contributed by atoms with E-state index in [1.807, 2.05) is 26.0 Å². The molecule has 15 heavy (non-hydrogen) atoms. The highest BCUT2D eigenvalue weighted by Gasteiger charge is 2.12. The highest BCUT2D eigenvalue weighted by molar-refractivity contribution is 5.84. The van der Waals surface area contributed by atoms with Crippen LogP contribution in [0.3, 0.4) is 0 Å². The van der Waals surface area contributed by atoms with Gasteiger partial charge in [0.25, 0.3) is 0 Å². The number of benzene rings is 1. The largest absolute Gasteiger partial charge is 0.374 e. The Kier molecular flexibility index (Phi) is 4.04. The quantitative estimate of drug-likeness (QED) is 0.756. The van der Waals surface area contributed by atoms with E-state index in [0.29, 0.717) is 6.42 Å². The van der Waals surface area contributed by atoms with Gasteiger partial charge in [-0.05, 0) is 26.3 Å². The lowest BCUT2D eigenvalue weighted by atomic mass is 10.0. The van der Waals surface area contributed by atoms with Crippen molar-refractivity contribution in [1.82, 2.24) is 0 Å². The zero-order valence-electron chi connectivity index (χ0n) is 9.83. The van der Waals surface area contributed by atoms with E-state index in [4.69, 9.17) is 4.74 Å². The summed E-state index contributed by atoms with van der Waals surface area (Å²) in [6.45, 7) is 5.87. The molecule has 2 heteroatoms. The Morgan fingerprint density at radius 3 is 2.27 bits per heavy atom. The fraction of sp³-hybridized carbons (Fsp3) is 0.462. The number of hydrogen-bond acceptors (Lipinski definition) is 2. The number of Topliss-reactive ketones (excluding diaryl/α,β-unsaturated/α-hetero) is 1. The van der Waals surface area contributed by atoms with Crippen molar-refractivity contribution in [3.8, 4) is 0 Å². The van der Waals surface area contributed by atoms with Gasteiger partial charge in [-0.3, -0.25) is 4.79 Å². The first-order valence-corrected chi connectivity index (χ1v) is 5.15. The number of ether oxygens (including phenoxy) is 1. The lowest BCUT2D eigenvalue weighted by Gasteiger charge is -2.09. The van der Waals surface area contributed by atoms with Gasteiger partial charge in [0.15, 0.2) is 5.78 Å². The second-order valence-electron chi connectivity index (χ2n) is 4.02. The standard InChI is InChI=1S/C13H18O2/c1-9-5-10(2)7-12(6-9)8-13(14)11(3)15-4/h5-7,11H,8H2,1-4H3. The van der Waals surface area contributed by atoms with Gasteiger partial charge in [0.05, 0.1) is 0 Å². The van der Waals surface area contributed by atoms with Gasteiger partial charge < -0.3 is 4.74 Å². The molecule has 0 saturated heterocycles. The molecule has 0 aliphatic rings. The molecule has 2 nitrogen and oxygen atoms in total. The molecule has 1 aromatic rings. The first-order valence-electron chi connectivity index (χ1n) is 5.15. The molecular formula is C13H18O2. The van der Waals surface area contributed by atoms with Crippen molar-refractivity contribution in [2.24, 2.45) is 0 Å². The molecule has 0 amide bonds. The molecule has 0 heterocycles. The Morgan fingerprint density at radius 1 is 1.27 bits per heavy atom. The summed E-state index contributed by atoms with van der Waals surface area (Å²) in [6, 6.07) is 6.20. The van der Waals surface area contributed by atoms with Crippen molar-refractivity contribution < 1.29 is 9.53 Å². The van der Waals surface area contributed by atoms with Crippen LogP contribution in [-0.2, 0) is 16.0 Å². The highest BCUT2D eigenvalue weighted by Crippen LogP contribution is 2.10. The molecule has 0 radical (unpaired) electrons. The van der Waals surface area contributed by atoms with Crippen LogP contribution >= 0.6 is 0 Å². The topological polar surface area (TPSA) is 26.3 Å². The number of aryl methyl sites for hydroxylation is 2. The smallest absolute Gasteiger partial charge is 0.165 e. The second-order valence-corrected chi connectivity index (χ2v) is 4.02. The van der Waals surface area contributed by atoms with E-state index >= 15 is 0 Å². The third-order valence-electron chi connectivity index (χ3n) is 2.47. The zero-order valence-corrected chi connectivity index (χ0v) is 9.83. The molecule has 0 bridgehead atoms. The average molecular weight is 206 g/mol. The van der Waals surface area contributed by atoms with Crippen molar-refractivity contribution in [2.75, 3.05) is 7.11 Å². The van der Waals surface area contributed by atoms with E-state index in [-0.39, 0.29) is 11.9 Å². The summed E-state index contributed by atoms with van der Waals surface area (Å²) >= 11 is 0. The summed E-state index contributed by atoms with van der Waals surface area (Å²) < 4.78 is 5.00. The summed E-state index contributed by atoms with van der Waals surface area (Å²) in [4.78, 5) is 11.6. The maximum atomic E-state index is 11.6. The molecule has 0 spiro atoms. The molecule has 0 N–H and O–H groups in total. The van der Waals surface area contributed by atoms with Crippen LogP contribution in [0, 0.1) is 13.8 Å². The lowest BCUT2D eigenvalue weighted by Crippen LogP contribution is -2.21. The number of hydrogen-bond donors (Lipinski definition) is 0. The van der Waals surface area contributed by atoms with E-state index < -0.39 is 0 Å². The van der Waals surface area contributed by atoms with Crippen molar-refractivity contribution in [2.45, 2.75) is 33.3 Å². The fourth-order valence-corrected chi connectivity index (χ4v) is 1.65. The minimum Gasteiger partial charge on any atom is -0.374 e. The SMILES string of the molecule is COC(C)C(=O)Cc1cc(C)cc(C)c1. The van der Waals surface area contributed by atoms with Gasteiger partial charge in [0.2, 0.25) is 0 Å². The van der Waals surface area contributed by atoms with Crippen molar-refractivity contribution in [3.05, 3.63) is 34.9 Å². The zero-order chi connectivity index (χ0) is 11.4. The van der Waals surface area contributed by atoms with Crippen molar-refractivity contribution >= 4 is 5.78 Å². The van der Waals surface area contributed by atoms with Crippen LogP contribution in [0.4, 0.5) is 0 Å². The van der Waals surface area contributed by atoms with Crippen LogP contribution in [0.15, 0.2) is 18.2 Å². The molecule has 0 fully saturated rings. The molecule has 1 unspecified atom stereocenters. The molecule has 1 aromatic carbocycles. The molecule has 1 atom stereocenters. The summed E-state index contributed by atoms with van der Waals surface area (Å²) in [6.07, 6.45) is 0.142. The minimum absolute atomic E-state index is 0.127. The van der Waals surface area contributed by atoms with Crippen LogP contribution < -0.4 is 0 Å². The second kappa shape index (κ2) is 5.08. The first kappa shape index (κ1) is 11.9. The van der Waals surface area contributed by atoms with E-state index in [9.17, 15) is 4.79 Å². The van der Waals surface area contributed by atoms with E-state index in [0.717, 1.165) is 5.56 Å². The average Bonchev–Trinajstić information content (AvgIpc) is 2.14. The summed E-state index contributed by atoms with van der Waals surface area (Å²) in [5.74, 6) is 0.127. The van der Waals surface area contributed by atoms with Gasteiger partial charge >= 0.3 is 0 Å². The normalized spacial score (nSPS) is 12.5. The Hall–Kier alpha value is -1.15. The third kappa shape index (κ3) is 3.48. The Labute approximate surface area is 91.3 Å². The van der Waals surface area contributed by atoms with Gasteiger partial charge in [-0.25, -0.2) is 0 Å². The summed E-state index contributed by atoms with van der Waals surface area (Å²) in [5, 5.41) is 0. The first-order chi connectivity index (χ1) is 7.02. The van der Waals surface area contributed by atoms with Crippen molar-refractivity contribution in [3.63, 3.8) is 0 Å². The maximum Gasteiger partial charge on any atom is 0.165 e. The van der Waals surface area contributed by atoms with Gasteiger partial charge in [0.1, 0.15) is 6.10 Å². The molecule has 1 rings (SSSR count). The molecule has 82 valence electrons. The molecule has 0 saturated carbocycles. The number of ketones is 1. The number of methoxy groups -OCH3 is 1. The molecule has 0 aliphatic heterocycles. The Morgan fingerprint density at radius 2 is 1.80 bits per heavy atom. The van der Waals surface area contributed by atoms with Crippen LogP contribution in [0.25, 0.3) is 0 Å². The molecule has 0 aliphatic carbocycles. The van der Waals surface area contributed by atoms with Crippen LogP contribution in [-0.4, -0.2) is 19.0 Å². The van der Waals surface area contributed by atoms with Gasteiger partial charge in [-0.1, -0.05) is 29.3 Å². The van der Waals surface area contributed by atoms with E-state index in [1.54, 1.807) is 14.0 Å². The lowest BCUT2D eigenvalue weighted by molar-refractivity contribution is -0.127. The Bertz CT molecular complexity index is 335. The van der Waals surface area contributed by atoms with Crippen LogP contribution in [0.5, 0.6) is 0 Å². The maximum absolute atomic E-state index is 11.6. The monoisotopic (exact) mass is 206 g/mol. The highest BCUT2D eigenvalue weighted by atomic mass is 16.5. The minimum atomic E-state index is -0.314.